The van der Waals surface area contributed by atoms with Crippen LogP contribution in [0.15, 0.2) is 48.5 Å². The van der Waals surface area contributed by atoms with Gasteiger partial charge in [-0.15, -0.1) is 0 Å². The van der Waals surface area contributed by atoms with Crippen LogP contribution in [0.5, 0.6) is 0 Å². The standard InChI is InChI=1S/C19H20IN3O3/c1-13-7-8-15(11-16(13)20)19(26)23-22-18(25)10-9-17(24)21-12-14-5-3-2-4-6-14/h2-8,11H,9-10,12H2,1H3,(H,21,24)(H,22,25)(H,23,26). The van der Waals surface area contributed by atoms with Crippen LogP contribution < -0.4 is 16.2 Å². The van der Waals surface area contributed by atoms with Gasteiger partial charge in [-0.05, 0) is 52.8 Å². The van der Waals surface area contributed by atoms with E-state index in [9.17, 15) is 14.4 Å². The minimum atomic E-state index is -0.421. The second-order valence-electron chi connectivity index (χ2n) is 5.73. The monoisotopic (exact) mass is 465 g/mol. The number of benzene rings is 2. The summed E-state index contributed by atoms with van der Waals surface area (Å²) >= 11 is 2.15. The molecule has 3 N–H and O–H groups in total. The molecule has 0 aliphatic rings. The smallest absolute Gasteiger partial charge is 0.269 e. The van der Waals surface area contributed by atoms with Crippen molar-refractivity contribution in [2.75, 3.05) is 0 Å². The Balaban J connectivity index is 1.68. The first-order chi connectivity index (χ1) is 12.5. The van der Waals surface area contributed by atoms with Gasteiger partial charge in [-0.25, -0.2) is 0 Å². The molecule has 7 heteroatoms. The number of carbonyl (C=O) groups excluding carboxylic acids is 3. The molecule has 0 saturated carbocycles. The van der Waals surface area contributed by atoms with Crippen molar-refractivity contribution in [3.05, 3.63) is 68.8 Å². The van der Waals surface area contributed by atoms with E-state index in [1.807, 2.05) is 43.3 Å². The van der Waals surface area contributed by atoms with Gasteiger partial charge in [0.15, 0.2) is 0 Å². The SMILES string of the molecule is Cc1ccc(C(=O)NNC(=O)CCC(=O)NCc2ccccc2)cc1I. The van der Waals surface area contributed by atoms with Crippen LogP contribution in [0.2, 0.25) is 0 Å². The third kappa shape index (κ3) is 6.47. The Morgan fingerprint density at radius 3 is 2.31 bits per heavy atom. The Morgan fingerprint density at radius 1 is 0.923 bits per heavy atom. The second kappa shape index (κ2) is 9.91. The van der Waals surface area contributed by atoms with Gasteiger partial charge in [0.1, 0.15) is 0 Å². The normalized spacial score (nSPS) is 10.1. The van der Waals surface area contributed by atoms with E-state index in [-0.39, 0.29) is 18.7 Å². The molecule has 0 spiro atoms. The van der Waals surface area contributed by atoms with Gasteiger partial charge in [-0.2, -0.15) is 0 Å². The lowest BCUT2D eigenvalue weighted by Crippen LogP contribution is -2.42. The van der Waals surface area contributed by atoms with Gasteiger partial charge >= 0.3 is 0 Å². The maximum Gasteiger partial charge on any atom is 0.269 e. The molecule has 0 atom stereocenters. The molecule has 6 nitrogen and oxygen atoms in total. The topological polar surface area (TPSA) is 87.3 Å². The highest BCUT2D eigenvalue weighted by Gasteiger charge is 2.10. The molecular formula is C19H20IN3O3. The van der Waals surface area contributed by atoms with E-state index in [4.69, 9.17) is 0 Å². The lowest BCUT2D eigenvalue weighted by atomic mass is 10.1. The zero-order valence-corrected chi connectivity index (χ0v) is 16.5. The zero-order chi connectivity index (χ0) is 18.9. The molecular weight excluding hydrogens is 445 g/mol. The largest absolute Gasteiger partial charge is 0.352 e. The number of rotatable bonds is 6. The minimum absolute atomic E-state index is 0.00760. The first kappa shape index (κ1) is 19.9. The van der Waals surface area contributed by atoms with Gasteiger partial charge in [-0.3, -0.25) is 25.2 Å². The summed E-state index contributed by atoms with van der Waals surface area (Å²) in [4.78, 5) is 35.5. The molecule has 0 bridgehead atoms. The van der Waals surface area contributed by atoms with Crippen molar-refractivity contribution < 1.29 is 14.4 Å². The Hall–Kier alpha value is -2.42. The van der Waals surface area contributed by atoms with E-state index in [0.717, 1.165) is 14.7 Å². The highest BCUT2D eigenvalue weighted by Crippen LogP contribution is 2.13. The fourth-order valence-corrected chi connectivity index (χ4v) is 2.62. The van der Waals surface area contributed by atoms with Crippen LogP contribution in [0.4, 0.5) is 0 Å². The summed E-state index contributed by atoms with van der Waals surface area (Å²) in [7, 11) is 0. The molecule has 0 aromatic heterocycles. The third-order valence-electron chi connectivity index (χ3n) is 3.66. The van der Waals surface area contributed by atoms with Crippen molar-refractivity contribution in [2.24, 2.45) is 0 Å². The van der Waals surface area contributed by atoms with Crippen LogP contribution in [0.1, 0.15) is 34.3 Å². The first-order valence-corrected chi connectivity index (χ1v) is 9.19. The van der Waals surface area contributed by atoms with Gasteiger partial charge in [0.25, 0.3) is 5.91 Å². The average molecular weight is 465 g/mol. The molecule has 0 unspecified atom stereocenters. The van der Waals surface area contributed by atoms with E-state index in [0.29, 0.717) is 12.1 Å². The summed E-state index contributed by atoms with van der Waals surface area (Å²) < 4.78 is 0.969. The number of nitrogens with one attached hydrogen (secondary N) is 3. The van der Waals surface area contributed by atoms with Crippen molar-refractivity contribution in [1.29, 1.82) is 0 Å². The van der Waals surface area contributed by atoms with Gasteiger partial charge in [0, 0.05) is 28.5 Å². The molecule has 26 heavy (non-hydrogen) atoms. The van der Waals surface area contributed by atoms with Crippen molar-refractivity contribution in [2.45, 2.75) is 26.3 Å². The molecule has 0 aliphatic heterocycles. The summed E-state index contributed by atoms with van der Waals surface area (Å²) in [6.45, 7) is 2.37. The predicted molar refractivity (Wildman–Crippen MR) is 107 cm³/mol. The van der Waals surface area contributed by atoms with Gasteiger partial charge in [0.2, 0.25) is 11.8 Å². The van der Waals surface area contributed by atoms with Gasteiger partial charge < -0.3 is 5.32 Å². The van der Waals surface area contributed by atoms with Crippen LogP contribution >= 0.6 is 22.6 Å². The highest BCUT2D eigenvalue weighted by molar-refractivity contribution is 14.1. The molecule has 2 aromatic rings. The number of carbonyl (C=O) groups is 3. The predicted octanol–water partition coefficient (Wildman–Crippen LogP) is 2.46. The van der Waals surface area contributed by atoms with Crippen molar-refractivity contribution >= 4 is 40.3 Å². The summed E-state index contributed by atoms with van der Waals surface area (Å²) in [6, 6.07) is 14.8. The number of hydrazine groups is 1. The fraction of sp³-hybridized carbons (Fsp3) is 0.211. The lowest BCUT2D eigenvalue weighted by molar-refractivity contribution is -0.126. The molecule has 0 fully saturated rings. The van der Waals surface area contributed by atoms with Crippen LogP contribution in [-0.2, 0) is 16.1 Å². The van der Waals surface area contributed by atoms with Crippen LogP contribution in [0.3, 0.4) is 0 Å². The van der Waals surface area contributed by atoms with Gasteiger partial charge in [0.05, 0.1) is 0 Å². The van der Waals surface area contributed by atoms with Crippen LogP contribution in [-0.4, -0.2) is 17.7 Å². The maximum absolute atomic E-state index is 12.0. The van der Waals surface area contributed by atoms with Gasteiger partial charge in [-0.1, -0.05) is 36.4 Å². The van der Waals surface area contributed by atoms with E-state index in [1.54, 1.807) is 12.1 Å². The molecule has 2 rings (SSSR count). The van der Waals surface area contributed by atoms with E-state index >= 15 is 0 Å². The third-order valence-corrected chi connectivity index (χ3v) is 4.82. The maximum atomic E-state index is 12.0. The highest BCUT2D eigenvalue weighted by atomic mass is 127. The molecule has 0 heterocycles. The van der Waals surface area contributed by atoms with E-state index < -0.39 is 11.8 Å². The summed E-state index contributed by atoms with van der Waals surface area (Å²) in [5.74, 6) is -1.04. The quantitative estimate of drug-likeness (QED) is 0.453. The zero-order valence-electron chi connectivity index (χ0n) is 14.3. The van der Waals surface area contributed by atoms with Crippen molar-refractivity contribution in [3.8, 4) is 0 Å². The van der Waals surface area contributed by atoms with Crippen molar-refractivity contribution in [3.63, 3.8) is 0 Å². The number of aryl methyl sites for hydroxylation is 1. The van der Waals surface area contributed by atoms with Crippen LogP contribution in [0.25, 0.3) is 0 Å². The first-order valence-electron chi connectivity index (χ1n) is 8.11. The number of hydrogen-bond donors (Lipinski definition) is 3. The molecule has 0 radical (unpaired) electrons. The second-order valence-corrected chi connectivity index (χ2v) is 6.89. The van der Waals surface area contributed by atoms with E-state index in [1.165, 1.54) is 0 Å². The average Bonchev–Trinajstić information content (AvgIpc) is 2.65. The summed E-state index contributed by atoms with van der Waals surface area (Å²) in [5, 5.41) is 2.75. The molecule has 136 valence electrons. The Kier molecular flexibility index (Phi) is 7.58. The molecule has 2 aromatic carbocycles. The fourth-order valence-electron chi connectivity index (χ4n) is 2.11. The Labute approximate surface area is 165 Å². The molecule has 3 amide bonds. The van der Waals surface area contributed by atoms with E-state index in [2.05, 4.69) is 38.8 Å². The number of hydrogen-bond acceptors (Lipinski definition) is 3. The minimum Gasteiger partial charge on any atom is -0.352 e. The Morgan fingerprint density at radius 2 is 1.62 bits per heavy atom. The summed E-state index contributed by atoms with van der Waals surface area (Å²) in [6.07, 6.45) is 0.0449. The lowest BCUT2D eigenvalue weighted by Gasteiger charge is -2.09. The van der Waals surface area contributed by atoms with Crippen LogP contribution in [0, 0.1) is 10.5 Å². The molecule has 0 saturated heterocycles. The van der Waals surface area contributed by atoms with Crippen molar-refractivity contribution in [1.82, 2.24) is 16.2 Å². The number of halogens is 1. The Bertz CT molecular complexity index is 794. The summed E-state index contributed by atoms with van der Waals surface area (Å²) in [5.41, 5.74) is 7.20. The number of amides is 3. The molecule has 0 aliphatic carbocycles.